The number of hydrogen-bond acceptors (Lipinski definition) is 2. The zero-order valence-corrected chi connectivity index (χ0v) is 12.6. The number of benzene rings is 2. The quantitative estimate of drug-likeness (QED) is 0.822. The molecule has 0 aliphatic heterocycles. The Hall–Kier alpha value is -1.59. The summed E-state index contributed by atoms with van der Waals surface area (Å²) < 4.78 is 26.4. The summed E-state index contributed by atoms with van der Waals surface area (Å²) in [5.41, 5.74) is 0.608. The van der Waals surface area contributed by atoms with Gasteiger partial charge in [0.15, 0.2) is 0 Å². The van der Waals surface area contributed by atoms with E-state index in [4.69, 9.17) is 11.6 Å². The number of nitrogens with one attached hydrogen (secondary N) is 1. The average molecular weight is 328 g/mol. The van der Waals surface area contributed by atoms with Crippen molar-refractivity contribution in [2.24, 2.45) is 0 Å². The van der Waals surface area contributed by atoms with Crippen molar-refractivity contribution < 1.29 is 13.6 Å². The van der Waals surface area contributed by atoms with Crippen LogP contribution in [0, 0.1) is 11.6 Å². The molecule has 2 nitrogen and oxygen atoms in total. The van der Waals surface area contributed by atoms with Crippen molar-refractivity contribution >= 4 is 35.0 Å². The van der Waals surface area contributed by atoms with Crippen LogP contribution in [-0.2, 0) is 4.79 Å². The summed E-state index contributed by atoms with van der Waals surface area (Å²) in [5, 5.41) is 2.75. The zero-order chi connectivity index (χ0) is 15.4. The molecule has 1 amide bonds. The summed E-state index contributed by atoms with van der Waals surface area (Å²) in [5.74, 6) is -1.59. The first kappa shape index (κ1) is 15.8. The van der Waals surface area contributed by atoms with Gasteiger partial charge in [0, 0.05) is 21.7 Å². The van der Waals surface area contributed by atoms with E-state index in [0.29, 0.717) is 10.7 Å². The van der Waals surface area contributed by atoms with Crippen LogP contribution in [0.15, 0.2) is 47.4 Å². The first-order valence-corrected chi connectivity index (χ1v) is 7.39. The van der Waals surface area contributed by atoms with Crippen LogP contribution in [0.4, 0.5) is 14.5 Å². The maximum atomic E-state index is 13.5. The maximum absolute atomic E-state index is 13.5. The van der Waals surface area contributed by atoms with Crippen molar-refractivity contribution in [3.05, 3.63) is 59.1 Å². The molecular formula is C15H12ClF2NOS. The van der Waals surface area contributed by atoms with Gasteiger partial charge in [-0.05, 0) is 43.3 Å². The summed E-state index contributed by atoms with van der Waals surface area (Å²) in [7, 11) is 0. The minimum atomic E-state index is -0.675. The molecule has 0 bridgehead atoms. The molecule has 0 fully saturated rings. The molecule has 0 unspecified atom stereocenters. The monoisotopic (exact) mass is 327 g/mol. The number of anilines is 1. The van der Waals surface area contributed by atoms with E-state index in [-0.39, 0.29) is 10.8 Å². The molecule has 2 aromatic rings. The highest BCUT2D eigenvalue weighted by Crippen LogP contribution is 2.27. The van der Waals surface area contributed by atoms with Crippen LogP contribution in [0.25, 0.3) is 0 Å². The standard InChI is InChI=1S/C15H12ClF2NOS/c1-9(21-14-7-4-11(17)8-13(14)18)15(20)19-12-5-2-10(16)3-6-12/h2-9H,1H3,(H,19,20)/t9-/m1/s1. The Labute approximate surface area is 130 Å². The van der Waals surface area contributed by atoms with Crippen molar-refractivity contribution in [2.75, 3.05) is 5.32 Å². The van der Waals surface area contributed by atoms with Crippen LogP contribution in [0.5, 0.6) is 0 Å². The van der Waals surface area contributed by atoms with E-state index in [0.717, 1.165) is 23.9 Å². The molecule has 110 valence electrons. The molecule has 0 saturated heterocycles. The van der Waals surface area contributed by atoms with E-state index in [1.54, 1.807) is 31.2 Å². The Balaban J connectivity index is 2.00. The second-order valence-corrected chi connectivity index (χ2v) is 6.15. The molecule has 21 heavy (non-hydrogen) atoms. The second-order valence-electron chi connectivity index (χ2n) is 4.33. The largest absolute Gasteiger partial charge is 0.325 e. The van der Waals surface area contributed by atoms with Crippen LogP contribution in [0.2, 0.25) is 5.02 Å². The van der Waals surface area contributed by atoms with Crippen molar-refractivity contribution in [2.45, 2.75) is 17.1 Å². The average Bonchev–Trinajstić information content (AvgIpc) is 2.44. The van der Waals surface area contributed by atoms with Gasteiger partial charge in [0.2, 0.25) is 5.91 Å². The molecule has 0 radical (unpaired) electrons. The minimum Gasteiger partial charge on any atom is -0.325 e. The minimum absolute atomic E-state index is 0.232. The molecule has 0 saturated carbocycles. The van der Waals surface area contributed by atoms with E-state index in [9.17, 15) is 13.6 Å². The fraction of sp³-hybridized carbons (Fsp3) is 0.133. The summed E-state index contributed by atoms with van der Waals surface area (Å²) >= 11 is 6.79. The molecule has 1 N–H and O–H groups in total. The molecule has 0 spiro atoms. The maximum Gasteiger partial charge on any atom is 0.237 e. The van der Waals surface area contributed by atoms with E-state index in [1.807, 2.05) is 0 Å². The number of halogens is 3. The van der Waals surface area contributed by atoms with Gasteiger partial charge in [-0.1, -0.05) is 11.6 Å². The fourth-order valence-corrected chi connectivity index (χ4v) is 2.58. The van der Waals surface area contributed by atoms with Gasteiger partial charge < -0.3 is 5.32 Å². The zero-order valence-electron chi connectivity index (χ0n) is 11.1. The van der Waals surface area contributed by atoms with E-state index < -0.39 is 16.9 Å². The van der Waals surface area contributed by atoms with Crippen LogP contribution in [-0.4, -0.2) is 11.2 Å². The second kappa shape index (κ2) is 6.91. The van der Waals surface area contributed by atoms with Gasteiger partial charge in [-0.2, -0.15) is 0 Å². The van der Waals surface area contributed by atoms with Crippen LogP contribution in [0.1, 0.15) is 6.92 Å². The van der Waals surface area contributed by atoms with Crippen LogP contribution >= 0.6 is 23.4 Å². The van der Waals surface area contributed by atoms with Gasteiger partial charge in [-0.15, -0.1) is 11.8 Å². The Kier molecular flexibility index (Phi) is 5.20. The van der Waals surface area contributed by atoms with Gasteiger partial charge in [0.25, 0.3) is 0 Å². The van der Waals surface area contributed by atoms with Gasteiger partial charge >= 0.3 is 0 Å². The lowest BCUT2D eigenvalue weighted by Crippen LogP contribution is -2.22. The first-order valence-electron chi connectivity index (χ1n) is 6.14. The lowest BCUT2D eigenvalue weighted by molar-refractivity contribution is -0.115. The highest BCUT2D eigenvalue weighted by molar-refractivity contribution is 8.00. The molecule has 2 aromatic carbocycles. The molecule has 0 aliphatic carbocycles. The summed E-state index contributed by atoms with van der Waals surface area (Å²) in [6, 6.07) is 9.96. The molecule has 0 aromatic heterocycles. The topological polar surface area (TPSA) is 29.1 Å². The lowest BCUT2D eigenvalue weighted by Gasteiger charge is -2.12. The SMILES string of the molecule is C[C@@H](Sc1ccc(F)cc1F)C(=O)Nc1ccc(Cl)cc1. The fourth-order valence-electron chi connectivity index (χ4n) is 1.59. The molecule has 1 atom stereocenters. The Morgan fingerprint density at radius 2 is 1.86 bits per heavy atom. The third-order valence-electron chi connectivity index (χ3n) is 2.68. The van der Waals surface area contributed by atoms with Gasteiger partial charge in [-0.3, -0.25) is 4.79 Å². The first-order chi connectivity index (χ1) is 9.95. The number of carbonyl (C=O) groups is 1. The van der Waals surface area contributed by atoms with E-state index in [2.05, 4.69) is 5.32 Å². The third-order valence-corrected chi connectivity index (χ3v) is 4.08. The normalized spacial score (nSPS) is 12.0. The van der Waals surface area contributed by atoms with E-state index in [1.165, 1.54) is 6.07 Å². The van der Waals surface area contributed by atoms with E-state index >= 15 is 0 Å². The number of amides is 1. The number of thioether (sulfide) groups is 1. The molecular weight excluding hydrogens is 316 g/mol. The molecule has 6 heteroatoms. The Bertz CT molecular complexity index is 649. The molecule has 0 heterocycles. The third kappa shape index (κ3) is 4.44. The Morgan fingerprint density at radius 3 is 2.48 bits per heavy atom. The number of carbonyl (C=O) groups excluding carboxylic acids is 1. The predicted molar refractivity (Wildman–Crippen MR) is 81.8 cm³/mol. The van der Waals surface area contributed by atoms with Crippen molar-refractivity contribution in [1.82, 2.24) is 0 Å². The predicted octanol–water partition coefficient (Wildman–Crippen LogP) is 4.74. The van der Waals surface area contributed by atoms with Crippen molar-refractivity contribution in [3.63, 3.8) is 0 Å². The van der Waals surface area contributed by atoms with Gasteiger partial charge in [0.1, 0.15) is 11.6 Å². The summed E-state index contributed by atoms with van der Waals surface area (Å²) in [4.78, 5) is 12.3. The van der Waals surface area contributed by atoms with Crippen LogP contribution < -0.4 is 5.32 Å². The Morgan fingerprint density at radius 1 is 1.19 bits per heavy atom. The summed E-state index contributed by atoms with van der Waals surface area (Å²) in [6.45, 7) is 1.65. The molecule has 2 rings (SSSR count). The van der Waals surface area contributed by atoms with Crippen LogP contribution in [0.3, 0.4) is 0 Å². The van der Waals surface area contributed by atoms with Gasteiger partial charge in [0.05, 0.1) is 5.25 Å². The van der Waals surface area contributed by atoms with Crippen molar-refractivity contribution in [3.8, 4) is 0 Å². The summed E-state index contributed by atoms with van der Waals surface area (Å²) in [6.07, 6.45) is 0. The van der Waals surface area contributed by atoms with Crippen molar-refractivity contribution in [1.29, 1.82) is 0 Å². The smallest absolute Gasteiger partial charge is 0.237 e. The highest BCUT2D eigenvalue weighted by Gasteiger charge is 2.17. The number of hydrogen-bond donors (Lipinski definition) is 1. The molecule has 0 aliphatic rings. The highest BCUT2D eigenvalue weighted by atomic mass is 35.5. The lowest BCUT2D eigenvalue weighted by atomic mass is 10.3. The number of rotatable bonds is 4. The van der Waals surface area contributed by atoms with Gasteiger partial charge in [-0.25, -0.2) is 8.78 Å².